The van der Waals surface area contributed by atoms with Gasteiger partial charge in [0.25, 0.3) is 0 Å². The van der Waals surface area contributed by atoms with Crippen molar-refractivity contribution in [3.8, 4) is 0 Å². The third kappa shape index (κ3) is 5.71. The smallest absolute Gasteiger partial charge is 0.317 e. The Balaban J connectivity index is 1.41. The zero-order chi connectivity index (χ0) is 19.9. The van der Waals surface area contributed by atoms with E-state index >= 15 is 0 Å². The standard InChI is InChI=1S/C22H34N4O2/c1-18-6-3-4-7-21(18)17-24-10-5-11-26(15-14-24)22(28)23-16-20-8-12-25(13-9-20)19(2)27/h3-4,6-7,20H,5,8-17H2,1-2H3,(H,23,28). The van der Waals surface area contributed by atoms with Crippen molar-refractivity contribution in [1.82, 2.24) is 20.0 Å². The number of aryl methyl sites for hydroxylation is 1. The fourth-order valence-electron chi connectivity index (χ4n) is 4.16. The summed E-state index contributed by atoms with van der Waals surface area (Å²) in [6, 6.07) is 8.60. The van der Waals surface area contributed by atoms with E-state index in [9.17, 15) is 9.59 Å². The van der Waals surface area contributed by atoms with E-state index in [-0.39, 0.29) is 11.9 Å². The van der Waals surface area contributed by atoms with Gasteiger partial charge in [-0.1, -0.05) is 24.3 Å². The molecule has 0 atom stereocenters. The molecule has 0 spiro atoms. The molecule has 0 unspecified atom stereocenters. The molecule has 154 valence electrons. The molecule has 0 aromatic heterocycles. The van der Waals surface area contributed by atoms with E-state index < -0.39 is 0 Å². The first kappa shape index (κ1) is 20.6. The minimum absolute atomic E-state index is 0.0618. The zero-order valence-corrected chi connectivity index (χ0v) is 17.3. The molecule has 3 rings (SSSR count). The number of benzene rings is 1. The van der Waals surface area contributed by atoms with Crippen molar-refractivity contribution in [2.24, 2.45) is 5.92 Å². The number of nitrogens with zero attached hydrogens (tertiary/aromatic N) is 3. The molecule has 0 saturated carbocycles. The Bertz CT molecular complexity index is 670. The fourth-order valence-corrected chi connectivity index (χ4v) is 4.16. The number of likely N-dealkylation sites (tertiary alicyclic amines) is 1. The van der Waals surface area contributed by atoms with Crippen LogP contribution in [0.4, 0.5) is 4.79 Å². The average Bonchev–Trinajstić information content (AvgIpc) is 2.94. The fraction of sp³-hybridized carbons (Fsp3) is 0.636. The van der Waals surface area contributed by atoms with Gasteiger partial charge in [0.2, 0.25) is 5.91 Å². The summed E-state index contributed by atoms with van der Waals surface area (Å²) in [4.78, 5) is 30.3. The quantitative estimate of drug-likeness (QED) is 0.865. The molecule has 28 heavy (non-hydrogen) atoms. The molecule has 0 aliphatic carbocycles. The van der Waals surface area contributed by atoms with Gasteiger partial charge < -0.3 is 15.1 Å². The van der Waals surface area contributed by atoms with Gasteiger partial charge in [-0.25, -0.2) is 4.79 Å². The number of hydrogen-bond donors (Lipinski definition) is 1. The molecule has 2 aliphatic rings. The lowest BCUT2D eigenvalue weighted by molar-refractivity contribution is -0.130. The van der Waals surface area contributed by atoms with Crippen molar-refractivity contribution in [3.63, 3.8) is 0 Å². The third-order valence-corrected chi connectivity index (χ3v) is 6.13. The van der Waals surface area contributed by atoms with Crippen molar-refractivity contribution in [2.75, 3.05) is 45.8 Å². The van der Waals surface area contributed by atoms with E-state index in [4.69, 9.17) is 0 Å². The highest BCUT2D eigenvalue weighted by Crippen LogP contribution is 2.17. The first-order valence-corrected chi connectivity index (χ1v) is 10.6. The normalized spacial score (nSPS) is 19.4. The lowest BCUT2D eigenvalue weighted by Gasteiger charge is -2.32. The van der Waals surface area contributed by atoms with Crippen LogP contribution >= 0.6 is 0 Å². The molecule has 0 bridgehead atoms. The van der Waals surface area contributed by atoms with Gasteiger partial charge in [-0.05, 0) is 43.2 Å². The van der Waals surface area contributed by atoms with E-state index in [0.717, 1.165) is 65.1 Å². The number of nitrogens with one attached hydrogen (secondary N) is 1. The summed E-state index contributed by atoms with van der Waals surface area (Å²) in [5.41, 5.74) is 2.70. The van der Waals surface area contributed by atoms with Crippen LogP contribution in [0.5, 0.6) is 0 Å². The Morgan fingerprint density at radius 2 is 1.75 bits per heavy atom. The highest BCUT2D eigenvalue weighted by atomic mass is 16.2. The van der Waals surface area contributed by atoms with Gasteiger partial charge in [0.05, 0.1) is 0 Å². The van der Waals surface area contributed by atoms with Crippen LogP contribution < -0.4 is 5.32 Å². The van der Waals surface area contributed by atoms with Gasteiger partial charge in [0, 0.05) is 59.3 Å². The maximum atomic E-state index is 12.6. The van der Waals surface area contributed by atoms with Crippen LogP contribution in [0.1, 0.15) is 37.3 Å². The van der Waals surface area contributed by atoms with Gasteiger partial charge in [0.1, 0.15) is 0 Å². The Labute approximate surface area is 168 Å². The lowest BCUT2D eigenvalue weighted by atomic mass is 9.97. The number of urea groups is 1. The topological polar surface area (TPSA) is 55.9 Å². The first-order valence-electron chi connectivity index (χ1n) is 10.6. The molecular formula is C22H34N4O2. The minimum Gasteiger partial charge on any atom is -0.343 e. The Morgan fingerprint density at radius 3 is 2.46 bits per heavy atom. The molecule has 1 N–H and O–H groups in total. The SMILES string of the molecule is CC(=O)N1CCC(CNC(=O)N2CCCN(Cc3ccccc3C)CC2)CC1. The zero-order valence-electron chi connectivity index (χ0n) is 17.3. The summed E-state index contributed by atoms with van der Waals surface area (Å²) >= 11 is 0. The van der Waals surface area contributed by atoms with Crippen LogP contribution in [0, 0.1) is 12.8 Å². The number of rotatable bonds is 4. The molecule has 2 aliphatic heterocycles. The number of piperidine rings is 1. The predicted octanol–water partition coefficient (Wildman–Crippen LogP) is 2.47. The molecule has 2 fully saturated rings. The molecule has 3 amide bonds. The largest absolute Gasteiger partial charge is 0.343 e. The average molecular weight is 387 g/mol. The lowest BCUT2D eigenvalue weighted by Crippen LogP contribution is -2.45. The molecule has 1 aromatic rings. The molecule has 0 radical (unpaired) electrons. The van der Waals surface area contributed by atoms with Crippen LogP contribution in [-0.2, 0) is 11.3 Å². The molecule has 1 aromatic carbocycles. The number of amides is 3. The van der Waals surface area contributed by atoms with E-state index in [1.54, 1.807) is 6.92 Å². The summed E-state index contributed by atoms with van der Waals surface area (Å²) in [5, 5.41) is 3.13. The van der Waals surface area contributed by atoms with Crippen molar-refractivity contribution >= 4 is 11.9 Å². The van der Waals surface area contributed by atoms with Crippen molar-refractivity contribution in [1.29, 1.82) is 0 Å². The second-order valence-electron chi connectivity index (χ2n) is 8.18. The highest BCUT2D eigenvalue weighted by Gasteiger charge is 2.23. The second kappa shape index (κ2) is 9.92. The number of hydrogen-bond acceptors (Lipinski definition) is 3. The monoisotopic (exact) mass is 386 g/mol. The van der Waals surface area contributed by atoms with Crippen LogP contribution in [-0.4, -0.2) is 72.5 Å². The molecule has 6 nitrogen and oxygen atoms in total. The summed E-state index contributed by atoms with van der Waals surface area (Å²) < 4.78 is 0. The van der Waals surface area contributed by atoms with E-state index in [0.29, 0.717) is 12.5 Å². The van der Waals surface area contributed by atoms with Crippen molar-refractivity contribution in [3.05, 3.63) is 35.4 Å². The molecule has 2 heterocycles. The Morgan fingerprint density at radius 1 is 1.00 bits per heavy atom. The summed E-state index contributed by atoms with van der Waals surface area (Å²) in [6.45, 7) is 10.6. The van der Waals surface area contributed by atoms with Crippen molar-refractivity contribution < 1.29 is 9.59 Å². The van der Waals surface area contributed by atoms with E-state index in [2.05, 4.69) is 41.4 Å². The van der Waals surface area contributed by atoms with E-state index in [1.165, 1.54) is 11.1 Å². The number of carbonyl (C=O) groups is 2. The van der Waals surface area contributed by atoms with Gasteiger partial charge in [-0.15, -0.1) is 0 Å². The maximum Gasteiger partial charge on any atom is 0.317 e. The second-order valence-corrected chi connectivity index (χ2v) is 8.18. The Hall–Kier alpha value is -2.08. The maximum absolute atomic E-state index is 12.6. The van der Waals surface area contributed by atoms with E-state index in [1.807, 2.05) is 9.80 Å². The summed E-state index contributed by atoms with van der Waals surface area (Å²) in [5.74, 6) is 0.631. The van der Waals surface area contributed by atoms with Crippen LogP contribution in [0.25, 0.3) is 0 Å². The molecule has 2 saturated heterocycles. The van der Waals surface area contributed by atoms with Gasteiger partial charge in [0.15, 0.2) is 0 Å². The van der Waals surface area contributed by atoms with Crippen molar-refractivity contribution in [2.45, 2.75) is 39.7 Å². The summed E-state index contributed by atoms with van der Waals surface area (Å²) in [7, 11) is 0. The third-order valence-electron chi connectivity index (χ3n) is 6.13. The highest BCUT2D eigenvalue weighted by molar-refractivity contribution is 5.74. The van der Waals surface area contributed by atoms with Gasteiger partial charge in [-0.2, -0.15) is 0 Å². The van der Waals surface area contributed by atoms with Crippen LogP contribution in [0.2, 0.25) is 0 Å². The molecule has 6 heteroatoms. The number of carbonyl (C=O) groups excluding carboxylic acids is 2. The summed E-state index contributed by atoms with van der Waals surface area (Å²) in [6.07, 6.45) is 2.96. The van der Waals surface area contributed by atoms with Gasteiger partial charge in [-0.3, -0.25) is 9.69 Å². The minimum atomic E-state index is 0.0618. The predicted molar refractivity (Wildman–Crippen MR) is 111 cm³/mol. The molecular weight excluding hydrogens is 352 g/mol. The van der Waals surface area contributed by atoms with Crippen LogP contribution in [0.3, 0.4) is 0 Å². The van der Waals surface area contributed by atoms with Gasteiger partial charge >= 0.3 is 6.03 Å². The first-order chi connectivity index (χ1) is 13.5. The Kier molecular flexibility index (Phi) is 7.31. The van der Waals surface area contributed by atoms with Crippen LogP contribution in [0.15, 0.2) is 24.3 Å².